The molecule has 0 amide bonds. The third-order valence-electron chi connectivity index (χ3n) is 4.75. The fraction of sp³-hybridized carbons (Fsp3) is 0.625. The molecule has 0 bridgehead atoms. The molecule has 3 rings (SSSR count). The van der Waals surface area contributed by atoms with Crippen molar-refractivity contribution in [2.24, 2.45) is 5.92 Å². The standard InChI is InChI=1S/C16H21F2NO4S/c1-9(2)24(20,21)19-7-14-11-8-23-16-13(18)4-3-12(17)15(16)10(11)5-6-22-14/h3-4,9-11,14,19H,5-8H2,1-2H3/t10?,11-,14+/m1/s1. The van der Waals surface area contributed by atoms with Crippen molar-refractivity contribution >= 4 is 10.0 Å². The summed E-state index contributed by atoms with van der Waals surface area (Å²) in [4.78, 5) is 0. The van der Waals surface area contributed by atoms with E-state index in [4.69, 9.17) is 9.47 Å². The quantitative estimate of drug-likeness (QED) is 0.893. The van der Waals surface area contributed by atoms with Gasteiger partial charge < -0.3 is 9.47 Å². The molecule has 0 radical (unpaired) electrons. The minimum absolute atomic E-state index is 0.0281. The first-order valence-electron chi connectivity index (χ1n) is 8.02. The first kappa shape index (κ1) is 17.6. The molecule has 134 valence electrons. The van der Waals surface area contributed by atoms with Crippen molar-refractivity contribution in [1.82, 2.24) is 4.72 Å². The third kappa shape index (κ3) is 3.14. The second-order valence-corrected chi connectivity index (χ2v) is 8.82. The van der Waals surface area contributed by atoms with Crippen molar-refractivity contribution < 1.29 is 26.7 Å². The highest BCUT2D eigenvalue weighted by molar-refractivity contribution is 7.90. The van der Waals surface area contributed by atoms with Crippen LogP contribution in [0.3, 0.4) is 0 Å². The minimum atomic E-state index is -3.42. The lowest BCUT2D eigenvalue weighted by Crippen LogP contribution is -2.48. The molecule has 3 atom stereocenters. The highest BCUT2D eigenvalue weighted by Gasteiger charge is 2.42. The van der Waals surface area contributed by atoms with E-state index in [0.717, 1.165) is 12.1 Å². The van der Waals surface area contributed by atoms with Crippen LogP contribution in [0, 0.1) is 17.6 Å². The maximum atomic E-state index is 14.2. The number of sulfonamides is 1. The maximum Gasteiger partial charge on any atom is 0.214 e. The molecule has 0 aliphatic carbocycles. The van der Waals surface area contributed by atoms with Gasteiger partial charge in [-0.15, -0.1) is 0 Å². The largest absolute Gasteiger partial charge is 0.490 e. The van der Waals surface area contributed by atoms with E-state index < -0.39 is 33.0 Å². The minimum Gasteiger partial charge on any atom is -0.490 e. The van der Waals surface area contributed by atoms with Gasteiger partial charge in [0.25, 0.3) is 0 Å². The number of halogens is 2. The maximum absolute atomic E-state index is 14.2. The second-order valence-electron chi connectivity index (χ2n) is 6.49. The van der Waals surface area contributed by atoms with Gasteiger partial charge in [0.05, 0.1) is 18.0 Å². The van der Waals surface area contributed by atoms with Gasteiger partial charge in [-0.1, -0.05) is 0 Å². The van der Waals surface area contributed by atoms with Gasteiger partial charge >= 0.3 is 0 Å². The van der Waals surface area contributed by atoms with Gasteiger partial charge in [0.1, 0.15) is 5.82 Å². The van der Waals surface area contributed by atoms with Crippen LogP contribution in [0.25, 0.3) is 0 Å². The Morgan fingerprint density at radius 3 is 2.71 bits per heavy atom. The average Bonchev–Trinajstić information content (AvgIpc) is 2.55. The van der Waals surface area contributed by atoms with Gasteiger partial charge in [-0.3, -0.25) is 0 Å². The molecule has 1 N–H and O–H groups in total. The van der Waals surface area contributed by atoms with E-state index in [1.54, 1.807) is 13.8 Å². The first-order valence-corrected chi connectivity index (χ1v) is 9.56. The van der Waals surface area contributed by atoms with Crippen LogP contribution in [0.4, 0.5) is 8.78 Å². The Hall–Kier alpha value is -1.25. The molecule has 24 heavy (non-hydrogen) atoms. The topological polar surface area (TPSA) is 64.6 Å². The molecule has 1 aromatic rings. The summed E-state index contributed by atoms with van der Waals surface area (Å²) in [6.07, 6.45) is 0.113. The molecular formula is C16H21F2NO4S. The summed E-state index contributed by atoms with van der Waals surface area (Å²) in [6.45, 7) is 3.81. The molecule has 2 heterocycles. The monoisotopic (exact) mass is 361 g/mol. The SMILES string of the molecule is CC(C)S(=O)(=O)NC[C@@H]1OCCC2c3c(F)ccc(F)c3OC[C@H]21. The number of ether oxygens (including phenoxy) is 2. The summed E-state index contributed by atoms with van der Waals surface area (Å²) >= 11 is 0. The number of benzene rings is 1. The van der Waals surface area contributed by atoms with E-state index in [-0.39, 0.29) is 36.3 Å². The van der Waals surface area contributed by atoms with Crippen LogP contribution in [0.1, 0.15) is 31.7 Å². The van der Waals surface area contributed by atoms with Crippen molar-refractivity contribution in [2.75, 3.05) is 19.8 Å². The molecule has 0 aromatic heterocycles. The van der Waals surface area contributed by atoms with Crippen molar-refractivity contribution in [3.8, 4) is 5.75 Å². The fourth-order valence-electron chi connectivity index (χ4n) is 3.32. The van der Waals surface area contributed by atoms with Crippen LogP contribution in [-0.4, -0.2) is 39.5 Å². The average molecular weight is 361 g/mol. The molecule has 1 aromatic carbocycles. The lowest BCUT2D eigenvalue weighted by atomic mass is 9.77. The zero-order chi connectivity index (χ0) is 17.5. The normalized spacial score (nSPS) is 26.6. The van der Waals surface area contributed by atoms with Gasteiger partial charge in [0.2, 0.25) is 10.0 Å². The van der Waals surface area contributed by atoms with Crippen LogP contribution >= 0.6 is 0 Å². The second kappa shape index (κ2) is 6.57. The number of fused-ring (bicyclic) bond motifs is 3. The summed E-state index contributed by atoms with van der Waals surface area (Å²) in [5.74, 6) is -1.57. The zero-order valence-electron chi connectivity index (χ0n) is 13.6. The van der Waals surface area contributed by atoms with Crippen LogP contribution < -0.4 is 9.46 Å². The molecule has 1 unspecified atom stereocenters. The highest BCUT2D eigenvalue weighted by Crippen LogP contribution is 2.45. The van der Waals surface area contributed by atoms with E-state index in [1.165, 1.54) is 0 Å². The third-order valence-corrected chi connectivity index (χ3v) is 6.56. The van der Waals surface area contributed by atoms with E-state index in [9.17, 15) is 17.2 Å². The predicted molar refractivity (Wildman–Crippen MR) is 84.5 cm³/mol. The summed E-state index contributed by atoms with van der Waals surface area (Å²) in [5, 5.41) is -0.549. The van der Waals surface area contributed by atoms with E-state index in [0.29, 0.717) is 13.0 Å². The molecular weight excluding hydrogens is 340 g/mol. The molecule has 5 nitrogen and oxygen atoms in total. The van der Waals surface area contributed by atoms with E-state index in [2.05, 4.69) is 4.72 Å². The number of hydrogen-bond acceptors (Lipinski definition) is 4. The lowest BCUT2D eigenvalue weighted by Gasteiger charge is -2.42. The number of nitrogens with one attached hydrogen (secondary N) is 1. The number of rotatable bonds is 4. The zero-order valence-corrected chi connectivity index (χ0v) is 14.4. The Balaban J connectivity index is 1.82. The van der Waals surface area contributed by atoms with Crippen LogP contribution in [0.2, 0.25) is 0 Å². The van der Waals surface area contributed by atoms with Crippen LogP contribution in [0.5, 0.6) is 5.75 Å². The summed E-state index contributed by atoms with van der Waals surface area (Å²) in [5.41, 5.74) is 0.242. The van der Waals surface area contributed by atoms with Crippen molar-refractivity contribution in [2.45, 2.75) is 37.5 Å². The van der Waals surface area contributed by atoms with E-state index in [1.807, 2.05) is 0 Å². The Morgan fingerprint density at radius 2 is 2.00 bits per heavy atom. The summed E-state index contributed by atoms with van der Waals surface area (Å²) in [7, 11) is -3.42. The van der Waals surface area contributed by atoms with Gasteiger partial charge in [0, 0.05) is 30.6 Å². The molecule has 8 heteroatoms. The fourth-order valence-corrected chi connectivity index (χ4v) is 4.05. The van der Waals surface area contributed by atoms with Crippen LogP contribution in [-0.2, 0) is 14.8 Å². The van der Waals surface area contributed by atoms with Crippen molar-refractivity contribution in [1.29, 1.82) is 0 Å². The first-order chi connectivity index (χ1) is 11.3. The van der Waals surface area contributed by atoms with E-state index >= 15 is 0 Å². The Morgan fingerprint density at radius 1 is 1.29 bits per heavy atom. The van der Waals surface area contributed by atoms with Gasteiger partial charge in [-0.2, -0.15) is 0 Å². The van der Waals surface area contributed by atoms with Crippen LogP contribution in [0.15, 0.2) is 12.1 Å². The molecule has 0 spiro atoms. The van der Waals surface area contributed by atoms with Crippen molar-refractivity contribution in [3.63, 3.8) is 0 Å². The van der Waals surface area contributed by atoms with Crippen molar-refractivity contribution in [3.05, 3.63) is 29.3 Å². The van der Waals surface area contributed by atoms with Gasteiger partial charge in [-0.05, 0) is 32.4 Å². The summed E-state index contributed by atoms with van der Waals surface area (Å²) in [6, 6.07) is 2.16. The predicted octanol–water partition coefficient (Wildman–Crippen LogP) is 2.17. The smallest absolute Gasteiger partial charge is 0.214 e. The Bertz CT molecular complexity index is 723. The number of hydrogen-bond donors (Lipinski definition) is 1. The lowest BCUT2D eigenvalue weighted by molar-refractivity contribution is -0.0568. The Kier molecular flexibility index (Phi) is 4.81. The molecule has 2 aliphatic heterocycles. The van der Waals surface area contributed by atoms with Gasteiger partial charge in [0.15, 0.2) is 11.6 Å². The molecule has 2 aliphatic rings. The molecule has 1 saturated heterocycles. The highest BCUT2D eigenvalue weighted by atomic mass is 32.2. The molecule has 0 saturated carbocycles. The summed E-state index contributed by atoms with van der Waals surface area (Å²) < 4.78 is 65.6. The molecule has 1 fully saturated rings. The Labute approximate surface area is 140 Å². The van der Waals surface area contributed by atoms with Gasteiger partial charge in [-0.25, -0.2) is 21.9 Å².